The first-order chi connectivity index (χ1) is 16.5. The number of nitrogens with zero attached hydrogens (tertiary/aromatic N) is 2. The summed E-state index contributed by atoms with van der Waals surface area (Å²) in [5.41, 5.74) is 1.67. The molecular weight excluding hydrogens is 479 g/mol. The van der Waals surface area contributed by atoms with Crippen molar-refractivity contribution >= 4 is 34.2 Å². The van der Waals surface area contributed by atoms with Crippen LogP contribution in [0.25, 0.3) is 11.0 Å². The van der Waals surface area contributed by atoms with E-state index in [-0.39, 0.29) is 19.8 Å². The molecule has 4 aromatic rings. The number of ether oxygens (including phenoxy) is 4. The van der Waals surface area contributed by atoms with E-state index >= 15 is 0 Å². The summed E-state index contributed by atoms with van der Waals surface area (Å²) in [5, 5.41) is 11.8. The van der Waals surface area contributed by atoms with Crippen LogP contribution in [0.15, 0.2) is 60.7 Å². The summed E-state index contributed by atoms with van der Waals surface area (Å²) in [5.74, 6) is 2.61. The molecule has 0 amide bonds. The monoisotopic (exact) mass is 502 g/mol. The van der Waals surface area contributed by atoms with Crippen LogP contribution in [0.4, 0.5) is 0 Å². The van der Waals surface area contributed by atoms with Gasteiger partial charge in [0, 0.05) is 5.02 Å². The molecule has 3 aromatic carbocycles. The molecule has 1 atom stereocenters. The first kappa shape index (κ1) is 24.0. The maximum absolute atomic E-state index is 10.8. The summed E-state index contributed by atoms with van der Waals surface area (Å²) >= 11 is 12.2. The van der Waals surface area contributed by atoms with Crippen LogP contribution < -0.4 is 18.9 Å². The Balaban J connectivity index is 1.52. The molecule has 1 N–H and O–H groups in total. The molecule has 0 radical (unpaired) electrons. The lowest BCUT2D eigenvalue weighted by Crippen LogP contribution is -2.25. The maximum Gasteiger partial charge on any atom is 0.203 e. The fraction of sp³-hybridized carbons (Fsp3) is 0.240. The second-order valence-electron chi connectivity index (χ2n) is 7.45. The number of aliphatic hydroxyl groups excluding tert-OH is 1. The van der Waals surface area contributed by atoms with E-state index in [1.165, 1.54) is 0 Å². The quantitative estimate of drug-likeness (QED) is 0.313. The molecule has 0 aliphatic heterocycles. The standard InChI is InChI=1S/C25H24Cl2N2O5/c1-31-22-8-5-9-23(32-2)25(22)34-14-17(30)13-29-20-7-4-3-6-19(20)28-24(29)15-33-21-11-10-16(26)12-18(21)27/h3-12,17,30H,13-15H2,1-2H3. The van der Waals surface area contributed by atoms with Gasteiger partial charge in [-0.1, -0.05) is 41.4 Å². The summed E-state index contributed by atoms with van der Waals surface area (Å²) in [7, 11) is 3.10. The van der Waals surface area contributed by atoms with Crippen molar-refractivity contribution in [3.05, 3.63) is 76.5 Å². The largest absolute Gasteiger partial charge is 0.493 e. The fourth-order valence-corrected chi connectivity index (χ4v) is 4.04. The van der Waals surface area contributed by atoms with Gasteiger partial charge in [-0.05, 0) is 42.5 Å². The van der Waals surface area contributed by atoms with Gasteiger partial charge in [-0.15, -0.1) is 0 Å². The summed E-state index contributed by atoms with van der Waals surface area (Å²) in [6.07, 6.45) is -0.843. The third-order valence-electron chi connectivity index (χ3n) is 5.18. The van der Waals surface area contributed by atoms with Crippen LogP contribution in [0.3, 0.4) is 0 Å². The van der Waals surface area contributed by atoms with E-state index in [9.17, 15) is 5.11 Å². The Labute approximate surface area is 207 Å². The van der Waals surface area contributed by atoms with Gasteiger partial charge in [-0.25, -0.2) is 4.98 Å². The van der Waals surface area contributed by atoms with Crippen molar-refractivity contribution in [3.63, 3.8) is 0 Å². The zero-order valence-corrected chi connectivity index (χ0v) is 20.2. The molecule has 0 saturated heterocycles. The highest BCUT2D eigenvalue weighted by atomic mass is 35.5. The topological polar surface area (TPSA) is 75.0 Å². The number of hydrogen-bond donors (Lipinski definition) is 1. The zero-order chi connectivity index (χ0) is 24.1. The molecule has 0 aliphatic rings. The van der Waals surface area contributed by atoms with Crippen molar-refractivity contribution < 1.29 is 24.1 Å². The van der Waals surface area contributed by atoms with Gasteiger partial charge in [0.1, 0.15) is 30.9 Å². The normalized spacial score (nSPS) is 11.9. The van der Waals surface area contributed by atoms with E-state index < -0.39 is 6.10 Å². The third-order valence-corrected chi connectivity index (χ3v) is 5.71. The van der Waals surface area contributed by atoms with Crippen LogP contribution in [0.1, 0.15) is 5.82 Å². The SMILES string of the molecule is COc1cccc(OC)c1OCC(O)Cn1c(COc2ccc(Cl)cc2Cl)nc2ccccc21. The predicted octanol–water partition coefficient (Wildman–Crippen LogP) is 5.38. The van der Waals surface area contributed by atoms with Gasteiger partial charge >= 0.3 is 0 Å². The number of benzene rings is 3. The molecule has 0 spiro atoms. The minimum atomic E-state index is -0.843. The summed E-state index contributed by atoms with van der Waals surface area (Å²) < 4.78 is 24.4. The lowest BCUT2D eigenvalue weighted by atomic mass is 10.3. The molecule has 4 rings (SSSR count). The van der Waals surface area contributed by atoms with E-state index in [1.54, 1.807) is 50.6 Å². The summed E-state index contributed by atoms with van der Waals surface area (Å²) in [6, 6.07) is 18.1. The number of aromatic nitrogens is 2. The van der Waals surface area contributed by atoms with E-state index in [2.05, 4.69) is 4.98 Å². The number of hydrogen-bond acceptors (Lipinski definition) is 6. The summed E-state index contributed by atoms with van der Waals surface area (Å²) in [6.45, 7) is 0.418. The van der Waals surface area contributed by atoms with Gasteiger partial charge in [-0.2, -0.15) is 0 Å². The van der Waals surface area contributed by atoms with Crippen molar-refractivity contribution in [2.24, 2.45) is 0 Å². The lowest BCUT2D eigenvalue weighted by Gasteiger charge is -2.18. The van der Waals surface area contributed by atoms with Gasteiger partial charge in [0.25, 0.3) is 0 Å². The highest BCUT2D eigenvalue weighted by Crippen LogP contribution is 2.37. The number of fused-ring (bicyclic) bond motifs is 1. The molecule has 178 valence electrons. The third kappa shape index (κ3) is 5.33. The number of rotatable bonds is 10. The highest BCUT2D eigenvalue weighted by molar-refractivity contribution is 6.35. The van der Waals surface area contributed by atoms with Crippen molar-refractivity contribution in [1.82, 2.24) is 9.55 Å². The van der Waals surface area contributed by atoms with Crippen molar-refractivity contribution in [3.8, 4) is 23.0 Å². The molecule has 0 fully saturated rings. The van der Waals surface area contributed by atoms with Gasteiger partial charge in [0.05, 0.1) is 36.8 Å². The minimum absolute atomic E-state index is 0.0204. The first-order valence-corrected chi connectivity index (χ1v) is 11.3. The Morgan fingerprint density at radius 2 is 1.65 bits per heavy atom. The number of halogens is 2. The summed E-state index contributed by atoms with van der Waals surface area (Å²) in [4.78, 5) is 4.68. The molecule has 9 heteroatoms. The Morgan fingerprint density at radius 1 is 0.912 bits per heavy atom. The second kappa shape index (κ2) is 10.9. The molecule has 0 bridgehead atoms. The number of methoxy groups -OCH3 is 2. The average molecular weight is 503 g/mol. The smallest absolute Gasteiger partial charge is 0.203 e. The molecule has 34 heavy (non-hydrogen) atoms. The molecular formula is C25H24Cl2N2O5. The zero-order valence-electron chi connectivity index (χ0n) is 18.7. The van der Waals surface area contributed by atoms with Crippen LogP contribution in [0.2, 0.25) is 10.0 Å². The van der Waals surface area contributed by atoms with Gasteiger partial charge < -0.3 is 28.6 Å². The fourth-order valence-electron chi connectivity index (χ4n) is 3.58. The molecule has 1 unspecified atom stereocenters. The Kier molecular flexibility index (Phi) is 7.67. The van der Waals surface area contributed by atoms with Gasteiger partial charge in [0.15, 0.2) is 11.5 Å². The number of imidazole rings is 1. The van der Waals surface area contributed by atoms with Crippen LogP contribution in [-0.2, 0) is 13.2 Å². The number of para-hydroxylation sites is 3. The van der Waals surface area contributed by atoms with Crippen LogP contribution >= 0.6 is 23.2 Å². The van der Waals surface area contributed by atoms with Gasteiger partial charge in [0.2, 0.25) is 5.75 Å². The van der Waals surface area contributed by atoms with Crippen molar-refractivity contribution in [2.45, 2.75) is 19.3 Å². The van der Waals surface area contributed by atoms with E-state index in [4.69, 9.17) is 42.1 Å². The Bertz CT molecular complexity index is 1260. The maximum atomic E-state index is 10.8. The molecule has 0 aliphatic carbocycles. The van der Waals surface area contributed by atoms with Crippen molar-refractivity contribution in [2.75, 3.05) is 20.8 Å². The lowest BCUT2D eigenvalue weighted by molar-refractivity contribution is 0.0887. The van der Waals surface area contributed by atoms with Crippen LogP contribution in [0.5, 0.6) is 23.0 Å². The van der Waals surface area contributed by atoms with E-state index in [0.29, 0.717) is 38.9 Å². The van der Waals surface area contributed by atoms with Crippen LogP contribution in [0, 0.1) is 0 Å². The molecule has 7 nitrogen and oxygen atoms in total. The first-order valence-electron chi connectivity index (χ1n) is 10.5. The minimum Gasteiger partial charge on any atom is -0.493 e. The molecule has 1 aromatic heterocycles. The number of aliphatic hydroxyl groups is 1. The predicted molar refractivity (Wildman–Crippen MR) is 132 cm³/mol. The molecule has 0 saturated carbocycles. The molecule has 1 heterocycles. The van der Waals surface area contributed by atoms with E-state index in [0.717, 1.165) is 11.0 Å². The van der Waals surface area contributed by atoms with Gasteiger partial charge in [-0.3, -0.25) is 0 Å². The van der Waals surface area contributed by atoms with Crippen molar-refractivity contribution in [1.29, 1.82) is 0 Å². The second-order valence-corrected chi connectivity index (χ2v) is 8.29. The Morgan fingerprint density at radius 3 is 2.35 bits per heavy atom. The van der Waals surface area contributed by atoms with Crippen LogP contribution in [-0.4, -0.2) is 41.6 Å². The Hall–Kier alpha value is -3.13. The average Bonchev–Trinajstić information content (AvgIpc) is 3.19. The highest BCUT2D eigenvalue weighted by Gasteiger charge is 2.18. The van der Waals surface area contributed by atoms with E-state index in [1.807, 2.05) is 28.8 Å².